The van der Waals surface area contributed by atoms with Crippen molar-refractivity contribution in [3.05, 3.63) is 57.0 Å². The highest BCUT2D eigenvalue weighted by atomic mass is 79.9. The van der Waals surface area contributed by atoms with Crippen LogP contribution in [0.5, 0.6) is 5.75 Å². The van der Waals surface area contributed by atoms with Gasteiger partial charge in [0.25, 0.3) is 0 Å². The van der Waals surface area contributed by atoms with Crippen molar-refractivity contribution in [3.63, 3.8) is 0 Å². The Kier molecular flexibility index (Phi) is 4.15. The average Bonchev–Trinajstić information content (AvgIpc) is 2.34. The molecule has 0 radical (unpaired) electrons. The van der Waals surface area contributed by atoms with Crippen molar-refractivity contribution in [2.75, 3.05) is 5.32 Å². The molecule has 2 aromatic rings. The Labute approximate surface area is 120 Å². The molecule has 0 atom stereocenters. The minimum absolute atomic E-state index is 0.281. The molecule has 0 heterocycles. The first kappa shape index (κ1) is 13.2. The van der Waals surface area contributed by atoms with Crippen molar-refractivity contribution in [1.82, 2.24) is 0 Å². The number of hydrogen-bond donors (Lipinski definition) is 2. The molecule has 0 spiro atoms. The standard InChI is InChI=1S/C14H13BrClNO/c1-9-2-4-12(7-13(9)16)17-8-10-6-11(15)3-5-14(10)18/h2-7,17-18H,8H2,1H3. The number of rotatable bonds is 3. The molecule has 18 heavy (non-hydrogen) atoms. The van der Waals surface area contributed by atoms with Crippen LogP contribution in [0.25, 0.3) is 0 Å². The fourth-order valence-corrected chi connectivity index (χ4v) is 2.18. The highest BCUT2D eigenvalue weighted by Crippen LogP contribution is 2.24. The second-order valence-corrected chi connectivity index (χ2v) is 5.41. The van der Waals surface area contributed by atoms with Gasteiger partial charge in [0.2, 0.25) is 0 Å². The van der Waals surface area contributed by atoms with Gasteiger partial charge in [-0.15, -0.1) is 0 Å². The first-order valence-electron chi connectivity index (χ1n) is 5.53. The van der Waals surface area contributed by atoms with Crippen LogP contribution < -0.4 is 5.32 Å². The number of anilines is 1. The van der Waals surface area contributed by atoms with E-state index in [2.05, 4.69) is 21.2 Å². The van der Waals surface area contributed by atoms with E-state index < -0.39 is 0 Å². The molecule has 4 heteroatoms. The third-order valence-corrected chi connectivity index (χ3v) is 3.60. The summed E-state index contributed by atoms with van der Waals surface area (Å²) in [5.74, 6) is 0.281. The summed E-state index contributed by atoms with van der Waals surface area (Å²) in [5, 5.41) is 13.7. The fourth-order valence-electron chi connectivity index (χ4n) is 1.60. The molecule has 0 saturated carbocycles. The van der Waals surface area contributed by atoms with E-state index in [1.165, 1.54) is 0 Å². The summed E-state index contributed by atoms with van der Waals surface area (Å²) < 4.78 is 0.944. The number of aryl methyl sites for hydroxylation is 1. The van der Waals surface area contributed by atoms with Gasteiger partial charge in [-0.2, -0.15) is 0 Å². The molecule has 94 valence electrons. The first-order chi connectivity index (χ1) is 8.56. The summed E-state index contributed by atoms with van der Waals surface area (Å²) in [5.41, 5.74) is 2.82. The van der Waals surface area contributed by atoms with Crippen LogP contribution in [0.15, 0.2) is 40.9 Å². The lowest BCUT2D eigenvalue weighted by Gasteiger charge is -2.09. The van der Waals surface area contributed by atoms with E-state index in [0.717, 1.165) is 26.3 Å². The van der Waals surface area contributed by atoms with Crippen LogP contribution in [0.2, 0.25) is 5.02 Å². The van der Waals surface area contributed by atoms with Crippen LogP contribution in [-0.2, 0) is 6.54 Å². The topological polar surface area (TPSA) is 32.3 Å². The van der Waals surface area contributed by atoms with E-state index in [4.69, 9.17) is 11.6 Å². The summed E-state index contributed by atoms with van der Waals surface area (Å²) >= 11 is 9.44. The van der Waals surface area contributed by atoms with E-state index in [1.54, 1.807) is 6.07 Å². The second-order valence-electron chi connectivity index (χ2n) is 4.09. The minimum atomic E-state index is 0.281. The number of nitrogens with one attached hydrogen (secondary N) is 1. The van der Waals surface area contributed by atoms with Gasteiger partial charge in [0.15, 0.2) is 0 Å². The zero-order valence-electron chi connectivity index (χ0n) is 9.87. The molecular weight excluding hydrogens is 314 g/mol. The van der Waals surface area contributed by atoms with Gasteiger partial charge >= 0.3 is 0 Å². The molecule has 0 aromatic heterocycles. The van der Waals surface area contributed by atoms with Crippen LogP contribution in [0.4, 0.5) is 5.69 Å². The van der Waals surface area contributed by atoms with Crippen LogP contribution in [-0.4, -0.2) is 5.11 Å². The lowest BCUT2D eigenvalue weighted by molar-refractivity contribution is 0.469. The van der Waals surface area contributed by atoms with Gasteiger partial charge in [-0.05, 0) is 42.8 Å². The number of benzene rings is 2. The third-order valence-electron chi connectivity index (χ3n) is 2.70. The Bertz CT molecular complexity index is 572. The molecule has 0 amide bonds. The van der Waals surface area contributed by atoms with Crippen LogP contribution in [0.1, 0.15) is 11.1 Å². The van der Waals surface area contributed by atoms with Crippen LogP contribution in [0.3, 0.4) is 0 Å². The number of phenols is 1. The molecule has 0 fully saturated rings. The van der Waals surface area contributed by atoms with Crippen molar-refractivity contribution in [3.8, 4) is 5.75 Å². The molecular formula is C14H13BrClNO. The van der Waals surface area contributed by atoms with E-state index in [0.29, 0.717) is 6.54 Å². The molecule has 2 rings (SSSR count). The number of aromatic hydroxyl groups is 1. The zero-order valence-corrected chi connectivity index (χ0v) is 12.2. The quantitative estimate of drug-likeness (QED) is 0.854. The molecule has 0 aliphatic rings. The average molecular weight is 327 g/mol. The Morgan fingerprint density at radius 3 is 2.72 bits per heavy atom. The Morgan fingerprint density at radius 2 is 2.00 bits per heavy atom. The molecule has 2 nitrogen and oxygen atoms in total. The Morgan fingerprint density at radius 1 is 1.22 bits per heavy atom. The van der Waals surface area contributed by atoms with Gasteiger partial charge in [-0.3, -0.25) is 0 Å². The summed E-state index contributed by atoms with van der Waals surface area (Å²) in [6.07, 6.45) is 0. The van der Waals surface area contributed by atoms with E-state index >= 15 is 0 Å². The Hall–Kier alpha value is -1.19. The third kappa shape index (κ3) is 3.18. The smallest absolute Gasteiger partial charge is 0.120 e. The maximum atomic E-state index is 9.72. The van der Waals surface area contributed by atoms with Crippen molar-refractivity contribution in [1.29, 1.82) is 0 Å². The summed E-state index contributed by atoms with van der Waals surface area (Å²) in [4.78, 5) is 0. The van der Waals surface area contributed by atoms with Crippen LogP contribution >= 0.6 is 27.5 Å². The molecule has 0 unspecified atom stereocenters. The molecule has 0 saturated heterocycles. The van der Waals surface area contributed by atoms with Gasteiger partial charge in [0.1, 0.15) is 5.75 Å². The molecule has 2 aromatic carbocycles. The Balaban J connectivity index is 2.11. The van der Waals surface area contributed by atoms with Gasteiger partial charge in [0.05, 0.1) is 0 Å². The van der Waals surface area contributed by atoms with E-state index in [-0.39, 0.29) is 5.75 Å². The first-order valence-corrected chi connectivity index (χ1v) is 6.71. The number of halogens is 2. The van der Waals surface area contributed by atoms with Gasteiger partial charge in [-0.1, -0.05) is 33.6 Å². The maximum absolute atomic E-state index is 9.72. The van der Waals surface area contributed by atoms with Crippen molar-refractivity contribution < 1.29 is 5.11 Å². The largest absolute Gasteiger partial charge is 0.508 e. The van der Waals surface area contributed by atoms with Crippen molar-refractivity contribution in [2.24, 2.45) is 0 Å². The molecule has 0 bridgehead atoms. The number of phenolic OH excluding ortho intramolecular Hbond substituents is 1. The summed E-state index contributed by atoms with van der Waals surface area (Å²) in [6, 6.07) is 11.2. The maximum Gasteiger partial charge on any atom is 0.120 e. The normalized spacial score (nSPS) is 10.4. The predicted molar refractivity (Wildman–Crippen MR) is 79.3 cm³/mol. The summed E-state index contributed by atoms with van der Waals surface area (Å²) in [7, 11) is 0. The van der Waals surface area contributed by atoms with Gasteiger partial charge in [0, 0.05) is 27.3 Å². The highest BCUT2D eigenvalue weighted by Gasteiger charge is 2.03. The summed E-state index contributed by atoms with van der Waals surface area (Å²) in [6.45, 7) is 2.51. The SMILES string of the molecule is Cc1ccc(NCc2cc(Br)ccc2O)cc1Cl. The second kappa shape index (κ2) is 5.63. The van der Waals surface area contributed by atoms with Gasteiger partial charge < -0.3 is 10.4 Å². The molecule has 2 N–H and O–H groups in total. The zero-order chi connectivity index (χ0) is 13.1. The van der Waals surface area contributed by atoms with Crippen LogP contribution in [0, 0.1) is 6.92 Å². The monoisotopic (exact) mass is 325 g/mol. The molecule has 0 aliphatic heterocycles. The molecule has 0 aliphatic carbocycles. The lowest BCUT2D eigenvalue weighted by Crippen LogP contribution is -1.99. The van der Waals surface area contributed by atoms with Crippen molar-refractivity contribution in [2.45, 2.75) is 13.5 Å². The van der Waals surface area contributed by atoms with E-state index in [1.807, 2.05) is 37.3 Å². The van der Waals surface area contributed by atoms with E-state index in [9.17, 15) is 5.11 Å². The van der Waals surface area contributed by atoms with Gasteiger partial charge in [-0.25, -0.2) is 0 Å². The van der Waals surface area contributed by atoms with Crippen molar-refractivity contribution >= 4 is 33.2 Å². The fraction of sp³-hybridized carbons (Fsp3) is 0.143. The minimum Gasteiger partial charge on any atom is -0.508 e. The predicted octanol–water partition coefficient (Wildman–Crippen LogP) is 4.73. The lowest BCUT2D eigenvalue weighted by atomic mass is 10.2. The number of hydrogen-bond acceptors (Lipinski definition) is 2. The highest BCUT2D eigenvalue weighted by molar-refractivity contribution is 9.10.